The zero-order valence-electron chi connectivity index (χ0n) is 20.6. The van der Waals surface area contributed by atoms with Crippen LogP contribution in [0.2, 0.25) is 0 Å². The molecule has 0 aliphatic heterocycles. The SMILES string of the molecule is CCCCCOCCOCCOCCOCCOCCOCCOCCOCCOCCBr. The molecule has 0 aromatic heterocycles. The summed E-state index contributed by atoms with van der Waals surface area (Å²) in [6.07, 6.45) is 3.56. The summed E-state index contributed by atoms with van der Waals surface area (Å²) in [4.78, 5) is 0. The average Bonchev–Trinajstić information content (AvgIpc) is 2.83. The number of ether oxygens (including phenoxy) is 9. The van der Waals surface area contributed by atoms with Crippen molar-refractivity contribution in [2.75, 3.05) is 124 Å². The Morgan fingerprint density at radius 2 is 0.576 bits per heavy atom. The number of hydrogen-bond donors (Lipinski definition) is 0. The Morgan fingerprint density at radius 1 is 0.333 bits per heavy atom. The third-order valence-electron chi connectivity index (χ3n) is 4.09. The lowest BCUT2D eigenvalue weighted by molar-refractivity contribution is -0.0248. The van der Waals surface area contributed by atoms with Crippen molar-refractivity contribution in [1.82, 2.24) is 0 Å². The molecule has 10 heteroatoms. The summed E-state index contributed by atoms with van der Waals surface area (Å²) >= 11 is 3.30. The second kappa shape index (κ2) is 32.1. The second-order valence-corrected chi connectivity index (χ2v) is 7.70. The van der Waals surface area contributed by atoms with Gasteiger partial charge in [0.1, 0.15) is 0 Å². The minimum absolute atomic E-state index is 0.539. The van der Waals surface area contributed by atoms with Gasteiger partial charge in [0.2, 0.25) is 0 Å². The topological polar surface area (TPSA) is 83.1 Å². The molecule has 0 heterocycles. The Balaban J connectivity index is 2.99. The highest BCUT2D eigenvalue weighted by atomic mass is 79.9. The van der Waals surface area contributed by atoms with Crippen molar-refractivity contribution < 1.29 is 42.6 Å². The van der Waals surface area contributed by atoms with Gasteiger partial charge in [-0.2, -0.15) is 0 Å². The van der Waals surface area contributed by atoms with E-state index < -0.39 is 0 Å². The smallest absolute Gasteiger partial charge is 0.0701 e. The molecule has 0 spiro atoms. The molecule has 0 amide bonds. The number of hydrogen-bond acceptors (Lipinski definition) is 9. The van der Waals surface area contributed by atoms with Crippen LogP contribution in [0, 0.1) is 0 Å². The van der Waals surface area contributed by atoms with Crippen molar-refractivity contribution in [3.05, 3.63) is 0 Å². The van der Waals surface area contributed by atoms with E-state index in [2.05, 4.69) is 22.9 Å². The van der Waals surface area contributed by atoms with E-state index in [4.69, 9.17) is 42.6 Å². The maximum atomic E-state index is 5.47. The summed E-state index contributed by atoms with van der Waals surface area (Å²) in [6, 6.07) is 0. The second-order valence-electron chi connectivity index (χ2n) is 6.91. The van der Waals surface area contributed by atoms with Crippen LogP contribution in [-0.2, 0) is 42.6 Å². The molecule has 0 aliphatic rings. The quantitative estimate of drug-likeness (QED) is 0.0996. The van der Waals surface area contributed by atoms with E-state index in [1.165, 1.54) is 12.8 Å². The number of unbranched alkanes of at least 4 members (excludes halogenated alkanes) is 2. The molecule has 0 N–H and O–H groups in total. The minimum atomic E-state index is 0.539. The van der Waals surface area contributed by atoms with E-state index in [9.17, 15) is 0 Å². The van der Waals surface area contributed by atoms with Gasteiger partial charge in [-0.15, -0.1) is 0 Å². The van der Waals surface area contributed by atoms with Crippen LogP contribution in [0.15, 0.2) is 0 Å². The van der Waals surface area contributed by atoms with Crippen molar-refractivity contribution in [3.63, 3.8) is 0 Å². The van der Waals surface area contributed by atoms with Crippen molar-refractivity contribution in [2.24, 2.45) is 0 Å². The molecular weight excluding hydrogens is 500 g/mol. The van der Waals surface area contributed by atoms with Crippen LogP contribution in [0.25, 0.3) is 0 Å². The van der Waals surface area contributed by atoms with Gasteiger partial charge in [0.25, 0.3) is 0 Å². The highest BCUT2D eigenvalue weighted by Crippen LogP contribution is 1.94. The number of alkyl halides is 1. The summed E-state index contributed by atoms with van der Waals surface area (Å²) in [7, 11) is 0. The van der Waals surface area contributed by atoms with Crippen LogP contribution >= 0.6 is 15.9 Å². The zero-order chi connectivity index (χ0) is 23.9. The highest BCUT2D eigenvalue weighted by Gasteiger charge is 1.95. The summed E-state index contributed by atoms with van der Waals surface area (Å²) < 4.78 is 48.8. The van der Waals surface area contributed by atoms with E-state index in [-0.39, 0.29) is 0 Å². The molecule has 0 bridgehead atoms. The third-order valence-corrected chi connectivity index (χ3v) is 4.41. The summed E-state index contributed by atoms with van der Waals surface area (Å²) in [6.45, 7) is 12.8. The molecule has 0 aliphatic carbocycles. The molecule has 0 unspecified atom stereocenters. The molecule has 9 nitrogen and oxygen atoms in total. The van der Waals surface area contributed by atoms with Crippen molar-refractivity contribution >= 4 is 15.9 Å². The van der Waals surface area contributed by atoms with E-state index in [0.29, 0.717) is 112 Å². The first-order valence-corrected chi connectivity index (χ1v) is 13.3. The van der Waals surface area contributed by atoms with Gasteiger partial charge in [0.15, 0.2) is 0 Å². The van der Waals surface area contributed by atoms with Gasteiger partial charge < -0.3 is 42.6 Å². The lowest BCUT2D eigenvalue weighted by Gasteiger charge is -2.08. The van der Waals surface area contributed by atoms with Crippen LogP contribution in [-0.4, -0.2) is 124 Å². The molecule has 0 rings (SSSR count). The molecule has 0 aromatic rings. The Labute approximate surface area is 209 Å². The fourth-order valence-corrected chi connectivity index (χ4v) is 2.60. The first-order chi connectivity index (χ1) is 16.4. The van der Waals surface area contributed by atoms with Gasteiger partial charge in [0.05, 0.1) is 112 Å². The van der Waals surface area contributed by atoms with Crippen LogP contribution < -0.4 is 0 Å². The summed E-state index contributed by atoms with van der Waals surface area (Å²) in [5, 5.41) is 0.845. The van der Waals surface area contributed by atoms with Gasteiger partial charge in [-0.05, 0) is 6.42 Å². The van der Waals surface area contributed by atoms with Gasteiger partial charge in [-0.25, -0.2) is 0 Å². The first-order valence-electron chi connectivity index (χ1n) is 12.2. The largest absolute Gasteiger partial charge is 0.379 e. The zero-order valence-corrected chi connectivity index (χ0v) is 22.2. The first kappa shape index (κ1) is 33.1. The normalized spacial score (nSPS) is 11.5. The Kier molecular flexibility index (Phi) is 32.2. The van der Waals surface area contributed by atoms with Gasteiger partial charge >= 0.3 is 0 Å². The van der Waals surface area contributed by atoms with Gasteiger partial charge in [0, 0.05) is 11.9 Å². The van der Waals surface area contributed by atoms with Crippen LogP contribution in [0.4, 0.5) is 0 Å². The Bertz CT molecular complexity index is 311. The van der Waals surface area contributed by atoms with Gasteiger partial charge in [-0.1, -0.05) is 35.7 Å². The monoisotopic (exact) mass is 546 g/mol. The van der Waals surface area contributed by atoms with E-state index >= 15 is 0 Å². The van der Waals surface area contributed by atoms with Crippen LogP contribution in [0.1, 0.15) is 26.2 Å². The predicted molar refractivity (Wildman–Crippen MR) is 131 cm³/mol. The third kappa shape index (κ3) is 32.1. The predicted octanol–water partition coefficient (Wildman–Crippen LogP) is 2.72. The van der Waals surface area contributed by atoms with E-state index in [0.717, 1.165) is 18.4 Å². The lowest BCUT2D eigenvalue weighted by Crippen LogP contribution is -2.15. The van der Waals surface area contributed by atoms with Crippen molar-refractivity contribution in [3.8, 4) is 0 Å². The molecule has 0 aromatic carbocycles. The minimum Gasteiger partial charge on any atom is -0.379 e. The van der Waals surface area contributed by atoms with Crippen molar-refractivity contribution in [2.45, 2.75) is 26.2 Å². The maximum Gasteiger partial charge on any atom is 0.0701 e. The van der Waals surface area contributed by atoms with Crippen molar-refractivity contribution in [1.29, 1.82) is 0 Å². The molecule has 0 fully saturated rings. The highest BCUT2D eigenvalue weighted by molar-refractivity contribution is 9.09. The molecule has 0 atom stereocenters. The lowest BCUT2D eigenvalue weighted by atomic mass is 10.3. The molecule has 0 saturated carbocycles. The fourth-order valence-electron chi connectivity index (χ4n) is 2.37. The molecule has 200 valence electrons. The Hall–Kier alpha value is 0.120. The van der Waals surface area contributed by atoms with Crippen LogP contribution in [0.5, 0.6) is 0 Å². The summed E-state index contributed by atoms with van der Waals surface area (Å²) in [5.74, 6) is 0. The molecule has 0 radical (unpaired) electrons. The Morgan fingerprint density at radius 3 is 0.818 bits per heavy atom. The number of halogens is 1. The fraction of sp³-hybridized carbons (Fsp3) is 1.00. The summed E-state index contributed by atoms with van der Waals surface area (Å²) in [5.41, 5.74) is 0. The van der Waals surface area contributed by atoms with E-state index in [1.807, 2.05) is 0 Å². The molecule has 0 saturated heterocycles. The van der Waals surface area contributed by atoms with E-state index in [1.54, 1.807) is 0 Å². The standard InChI is InChI=1S/C23H47BrO9/c1-2-3-4-6-25-8-10-27-12-14-29-16-18-31-20-22-33-23-21-32-19-17-30-15-13-28-11-9-26-7-5-24/h2-23H2,1H3. The number of rotatable bonds is 30. The molecule has 33 heavy (non-hydrogen) atoms. The maximum absolute atomic E-state index is 5.47. The molecular formula is C23H47BrO9. The van der Waals surface area contributed by atoms with Gasteiger partial charge in [-0.3, -0.25) is 0 Å². The average molecular weight is 548 g/mol. The van der Waals surface area contributed by atoms with Crippen LogP contribution in [0.3, 0.4) is 0 Å².